The molecule has 0 radical (unpaired) electrons. The van der Waals surface area contributed by atoms with Crippen LogP contribution in [0.4, 0.5) is 0 Å². The summed E-state index contributed by atoms with van der Waals surface area (Å²) in [5, 5.41) is 0. The van der Waals surface area contributed by atoms with Crippen LogP contribution < -0.4 is 4.74 Å². The molecule has 1 aliphatic rings. The van der Waals surface area contributed by atoms with Gasteiger partial charge in [0.25, 0.3) is 0 Å². The lowest BCUT2D eigenvalue weighted by Gasteiger charge is -2.33. The third-order valence-electron chi connectivity index (χ3n) is 3.57. The van der Waals surface area contributed by atoms with E-state index in [2.05, 4.69) is 26.8 Å². The minimum Gasteiger partial charge on any atom is -0.480 e. The molecule has 1 heterocycles. The Morgan fingerprint density at radius 2 is 2.00 bits per heavy atom. The van der Waals surface area contributed by atoms with Crippen LogP contribution in [0, 0.1) is 20.8 Å². The summed E-state index contributed by atoms with van der Waals surface area (Å²) >= 11 is 0. The molecule has 0 saturated carbocycles. The molecule has 1 aliphatic heterocycles. The van der Waals surface area contributed by atoms with E-state index in [0.717, 1.165) is 30.4 Å². The highest BCUT2D eigenvalue weighted by Gasteiger charge is 2.32. The summed E-state index contributed by atoms with van der Waals surface area (Å²) in [4.78, 5) is 11.0. The minimum atomic E-state index is -0.641. The third kappa shape index (κ3) is 1.62. The first-order valence-corrected chi connectivity index (χ1v) is 5.72. The number of ether oxygens (including phenoxy) is 1. The molecule has 1 atom stereocenters. The average Bonchev–Trinajstić information content (AvgIpc) is 2.26. The van der Waals surface area contributed by atoms with Gasteiger partial charge in [-0.1, -0.05) is 6.07 Å². The zero-order chi connectivity index (χ0) is 11.9. The normalized spacial score (nSPS) is 23.5. The molecule has 2 nitrogen and oxygen atoms in total. The van der Waals surface area contributed by atoms with Crippen LogP contribution in [0.25, 0.3) is 0 Å². The van der Waals surface area contributed by atoms with Gasteiger partial charge in [-0.3, -0.25) is 4.79 Å². The van der Waals surface area contributed by atoms with E-state index in [-0.39, 0.29) is 0 Å². The van der Waals surface area contributed by atoms with Crippen LogP contribution in [0.5, 0.6) is 5.75 Å². The van der Waals surface area contributed by atoms with E-state index in [0.29, 0.717) is 0 Å². The molecule has 2 rings (SSSR count). The summed E-state index contributed by atoms with van der Waals surface area (Å²) in [7, 11) is 0. The molecular formula is C14H18O2. The molecule has 0 aliphatic carbocycles. The molecule has 0 saturated heterocycles. The first kappa shape index (κ1) is 11.2. The fourth-order valence-electron chi connectivity index (χ4n) is 2.29. The molecular weight excluding hydrogens is 200 g/mol. The Bertz CT molecular complexity index is 449. The molecule has 0 amide bonds. The molecule has 0 bridgehead atoms. The van der Waals surface area contributed by atoms with E-state index in [1.54, 1.807) is 0 Å². The largest absolute Gasteiger partial charge is 0.480 e. The summed E-state index contributed by atoms with van der Waals surface area (Å²) < 4.78 is 5.89. The van der Waals surface area contributed by atoms with Crippen LogP contribution in [-0.4, -0.2) is 11.9 Å². The van der Waals surface area contributed by atoms with Crippen molar-refractivity contribution < 1.29 is 9.53 Å². The Hall–Kier alpha value is -1.31. The monoisotopic (exact) mass is 218 g/mol. The van der Waals surface area contributed by atoms with Crippen molar-refractivity contribution in [2.75, 3.05) is 0 Å². The molecule has 2 heteroatoms. The maximum Gasteiger partial charge on any atom is 0.163 e. The molecule has 0 aromatic heterocycles. The number of aldehydes is 1. The van der Waals surface area contributed by atoms with Gasteiger partial charge in [-0.15, -0.1) is 0 Å². The maximum atomic E-state index is 11.0. The number of carbonyl (C=O) groups is 1. The zero-order valence-electron chi connectivity index (χ0n) is 10.4. The molecule has 86 valence electrons. The van der Waals surface area contributed by atoms with Crippen molar-refractivity contribution in [3.63, 3.8) is 0 Å². The van der Waals surface area contributed by atoms with E-state index in [9.17, 15) is 4.79 Å². The Morgan fingerprint density at radius 1 is 1.31 bits per heavy atom. The Labute approximate surface area is 96.6 Å². The van der Waals surface area contributed by atoms with Gasteiger partial charge in [0.05, 0.1) is 0 Å². The maximum absolute atomic E-state index is 11.0. The lowest BCUT2D eigenvalue weighted by molar-refractivity contribution is -0.121. The van der Waals surface area contributed by atoms with E-state index < -0.39 is 5.60 Å². The molecule has 0 fully saturated rings. The predicted octanol–water partition coefficient (Wildman–Crippen LogP) is 2.89. The fourth-order valence-corrected chi connectivity index (χ4v) is 2.29. The second kappa shape index (κ2) is 3.62. The van der Waals surface area contributed by atoms with Crippen LogP contribution >= 0.6 is 0 Å². The van der Waals surface area contributed by atoms with Crippen molar-refractivity contribution in [1.29, 1.82) is 0 Å². The number of aryl methyl sites for hydroxylation is 2. The van der Waals surface area contributed by atoms with Crippen molar-refractivity contribution in [1.82, 2.24) is 0 Å². The van der Waals surface area contributed by atoms with Crippen LogP contribution in [0.2, 0.25) is 0 Å². The number of hydrogen-bond donors (Lipinski definition) is 0. The second-order valence-corrected chi connectivity index (χ2v) is 4.98. The Kier molecular flexibility index (Phi) is 2.53. The molecule has 16 heavy (non-hydrogen) atoms. The number of fused-ring (bicyclic) bond motifs is 1. The van der Waals surface area contributed by atoms with E-state index in [1.165, 1.54) is 16.7 Å². The molecule has 1 aromatic rings. The van der Waals surface area contributed by atoms with Crippen molar-refractivity contribution in [2.24, 2.45) is 0 Å². The van der Waals surface area contributed by atoms with Gasteiger partial charge in [-0.05, 0) is 62.8 Å². The van der Waals surface area contributed by atoms with Gasteiger partial charge in [0, 0.05) is 0 Å². The number of carbonyl (C=O) groups excluding carboxylic acids is 1. The lowest BCUT2D eigenvalue weighted by Crippen LogP contribution is -2.38. The van der Waals surface area contributed by atoms with Gasteiger partial charge < -0.3 is 4.74 Å². The molecule has 0 unspecified atom stereocenters. The first-order chi connectivity index (χ1) is 7.47. The van der Waals surface area contributed by atoms with Crippen molar-refractivity contribution >= 4 is 6.29 Å². The van der Waals surface area contributed by atoms with Crippen molar-refractivity contribution in [3.8, 4) is 5.75 Å². The highest BCUT2D eigenvalue weighted by molar-refractivity contribution is 5.65. The smallest absolute Gasteiger partial charge is 0.163 e. The number of rotatable bonds is 1. The lowest BCUT2D eigenvalue weighted by atomic mass is 9.88. The van der Waals surface area contributed by atoms with E-state index >= 15 is 0 Å². The highest BCUT2D eigenvalue weighted by Crippen LogP contribution is 2.38. The van der Waals surface area contributed by atoms with Gasteiger partial charge in [-0.25, -0.2) is 0 Å². The first-order valence-electron chi connectivity index (χ1n) is 5.72. The summed E-state index contributed by atoms with van der Waals surface area (Å²) in [6.07, 6.45) is 2.62. The summed E-state index contributed by atoms with van der Waals surface area (Å²) in [5.74, 6) is 0.929. The van der Waals surface area contributed by atoms with Crippen LogP contribution in [0.15, 0.2) is 6.07 Å². The van der Waals surface area contributed by atoms with Crippen LogP contribution in [0.1, 0.15) is 35.6 Å². The van der Waals surface area contributed by atoms with Gasteiger partial charge in [0.2, 0.25) is 0 Å². The SMILES string of the molecule is Cc1cc(C)c2c(c1C)O[C@](C)(C=O)CC2. The Morgan fingerprint density at radius 3 is 2.62 bits per heavy atom. The van der Waals surface area contributed by atoms with Gasteiger partial charge in [0.15, 0.2) is 11.9 Å². The minimum absolute atomic E-state index is 0.641. The fraction of sp³-hybridized carbons (Fsp3) is 0.500. The topological polar surface area (TPSA) is 26.3 Å². The van der Waals surface area contributed by atoms with Crippen LogP contribution in [0.3, 0.4) is 0 Å². The summed E-state index contributed by atoms with van der Waals surface area (Å²) in [6, 6.07) is 2.20. The van der Waals surface area contributed by atoms with Crippen molar-refractivity contribution in [3.05, 3.63) is 28.3 Å². The molecule has 0 spiro atoms. The average molecular weight is 218 g/mol. The summed E-state index contributed by atoms with van der Waals surface area (Å²) in [5.41, 5.74) is 4.28. The summed E-state index contributed by atoms with van der Waals surface area (Å²) in [6.45, 7) is 8.11. The van der Waals surface area contributed by atoms with E-state index in [4.69, 9.17) is 4.74 Å². The van der Waals surface area contributed by atoms with Gasteiger partial charge in [-0.2, -0.15) is 0 Å². The third-order valence-corrected chi connectivity index (χ3v) is 3.57. The number of benzene rings is 1. The molecule has 1 aromatic carbocycles. The van der Waals surface area contributed by atoms with Crippen molar-refractivity contribution in [2.45, 2.75) is 46.1 Å². The second-order valence-electron chi connectivity index (χ2n) is 4.98. The quantitative estimate of drug-likeness (QED) is 0.677. The van der Waals surface area contributed by atoms with Gasteiger partial charge >= 0.3 is 0 Å². The van der Waals surface area contributed by atoms with E-state index in [1.807, 2.05) is 6.92 Å². The standard InChI is InChI=1S/C14H18O2/c1-9-7-10(2)12-5-6-14(4,8-15)16-13(12)11(9)3/h7-8H,5-6H2,1-4H3/t14-/m0/s1. The Balaban J connectivity index is 2.56. The van der Waals surface area contributed by atoms with Crippen LogP contribution in [-0.2, 0) is 11.2 Å². The number of hydrogen-bond acceptors (Lipinski definition) is 2. The highest BCUT2D eigenvalue weighted by atomic mass is 16.5. The van der Waals surface area contributed by atoms with Gasteiger partial charge in [0.1, 0.15) is 5.75 Å². The zero-order valence-corrected chi connectivity index (χ0v) is 10.4. The predicted molar refractivity (Wildman–Crippen MR) is 64.1 cm³/mol. The molecule has 0 N–H and O–H groups in total.